The predicted octanol–water partition coefficient (Wildman–Crippen LogP) is 4.88. The van der Waals surface area contributed by atoms with Crippen LogP contribution >= 0.6 is 11.6 Å². The Bertz CT molecular complexity index is 888. The molecule has 27 heavy (non-hydrogen) atoms. The molecular weight excluding hydrogens is 362 g/mol. The smallest absolute Gasteiger partial charge is 0.252 e. The molecule has 0 radical (unpaired) electrons. The first-order chi connectivity index (χ1) is 13.1. The van der Waals surface area contributed by atoms with Crippen LogP contribution in [-0.2, 0) is 0 Å². The molecule has 3 rings (SSSR count). The summed E-state index contributed by atoms with van der Waals surface area (Å²) in [6.45, 7) is 0. The van der Waals surface area contributed by atoms with Crippen molar-refractivity contribution in [2.75, 3.05) is 14.2 Å². The van der Waals surface area contributed by atoms with Crippen LogP contribution in [0.5, 0.6) is 11.5 Å². The lowest BCUT2D eigenvalue weighted by atomic mass is 9.98. The average Bonchev–Trinajstić information content (AvgIpc) is 2.72. The molecule has 0 aromatic heterocycles. The second kappa shape index (κ2) is 8.60. The van der Waals surface area contributed by atoms with Gasteiger partial charge < -0.3 is 14.8 Å². The predicted molar refractivity (Wildman–Crippen MR) is 107 cm³/mol. The Morgan fingerprint density at radius 2 is 1.41 bits per heavy atom. The summed E-state index contributed by atoms with van der Waals surface area (Å²) in [7, 11) is 3.11. The quantitative estimate of drug-likeness (QED) is 0.662. The number of halogens is 1. The Labute approximate surface area is 163 Å². The van der Waals surface area contributed by atoms with E-state index in [1.54, 1.807) is 32.4 Å². The lowest BCUT2D eigenvalue weighted by molar-refractivity contribution is 0.0942. The lowest BCUT2D eigenvalue weighted by Crippen LogP contribution is -2.29. The van der Waals surface area contributed by atoms with Crippen molar-refractivity contribution < 1.29 is 14.3 Å². The van der Waals surface area contributed by atoms with Crippen LogP contribution in [0.15, 0.2) is 72.8 Å². The van der Waals surface area contributed by atoms with E-state index in [2.05, 4.69) is 5.32 Å². The number of hydrogen-bond acceptors (Lipinski definition) is 3. The van der Waals surface area contributed by atoms with Crippen LogP contribution < -0.4 is 14.8 Å². The summed E-state index contributed by atoms with van der Waals surface area (Å²) in [5, 5.41) is 3.74. The third-order valence-electron chi connectivity index (χ3n) is 4.23. The van der Waals surface area contributed by atoms with Crippen molar-refractivity contribution in [3.63, 3.8) is 0 Å². The molecule has 1 N–H and O–H groups in total. The maximum Gasteiger partial charge on any atom is 0.252 e. The van der Waals surface area contributed by atoms with Gasteiger partial charge in [0.2, 0.25) is 0 Å². The Kier molecular flexibility index (Phi) is 5.99. The monoisotopic (exact) mass is 381 g/mol. The van der Waals surface area contributed by atoms with Crippen LogP contribution in [0.25, 0.3) is 0 Å². The van der Waals surface area contributed by atoms with E-state index in [0.29, 0.717) is 22.1 Å². The van der Waals surface area contributed by atoms with Crippen molar-refractivity contribution in [3.05, 3.63) is 94.5 Å². The van der Waals surface area contributed by atoms with Crippen molar-refractivity contribution >= 4 is 17.5 Å². The highest BCUT2D eigenvalue weighted by molar-refractivity contribution is 6.30. The maximum absolute atomic E-state index is 13.0. The Morgan fingerprint density at radius 1 is 0.852 bits per heavy atom. The van der Waals surface area contributed by atoms with Crippen molar-refractivity contribution in [3.8, 4) is 11.5 Å². The average molecular weight is 382 g/mol. The normalized spacial score (nSPS) is 11.5. The summed E-state index contributed by atoms with van der Waals surface area (Å²) >= 11 is 6.02. The minimum Gasteiger partial charge on any atom is -0.497 e. The Balaban J connectivity index is 1.94. The summed E-state index contributed by atoms with van der Waals surface area (Å²) in [6, 6.07) is 22.0. The molecule has 1 amide bonds. The van der Waals surface area contributed by atoms with Crippen LogP contribution in [-0.4, -0.2) is 20.1 Å². The Morgan fingerprint density at radius 3 is 1.96 bits per heavy atom. The Hall–Kier alpha value is -2.98. The number of amides is 1. The zero-order valence-electron chi connectivity index (χ0n) is 15.1. The summed E-state index contributed by atoms with van der Waals surface area (Å²) in [5.41, 5.74) is 2.37. The van der Waals surface area contributed by atoms with Crippen LogP contribution in [0.2, 0.25) is 5.02 Å². The molecule has 0 aliphatic rings. The molecule has 0 fully saturated rings. The lowest BCUT2D eigenvalue weighted by Gasteiger charge is -2.20. The van der Waals surface area contributed by atoms with E-state index in [1.165, 1.54) is 0 Å². The first-order valence-corrected chi connectivity index (χ1v) is 8.83. The van der Waals surface area contributed by atoms with Crippen LogP contribution in [0.3, 0.4) is 0 Å². The van der Waals surface area contributed by atoms with E-state index in [1.807, 2.05) is 54.6 Å². The van der Waals surface area contributed by atoms with Crippen molar-refractivity contribution in [2.45, 2.75) is 6.04 Å². The van der Waals surface area contributed by atoms with E-state index in [4.69, 9.17) is 21.1 Å². The minimum atomic E-state index is -0.312. The van der Waals surface area contributed by atoms with Gasteiger partial charge in [-0.05, 0) is 35.4 Å². The van der Waals surface area contributed by atoms with E-state index in [0.717, 1.165) is 11.1 Å². The maximum atomic E-state index is 13.0. The van der Waals surface area contributed by atoms with Crippen molar-refractivity contribution in [2.24, 2.45) is 0 Å². The molecule has 5 heteroatoms. The fraction of sp³-hybridized carbons (Fsp3) is 0.136. The van der Waals surface area contributed by atoms with E-state index >= 15 is 0 Å². The van der Waals surface area contributed by atoms with Gasteiger partial charge in [-0.15, -0.1) is 0 Å². The zero-order chi connectivity index (χ0) is 19.2. The van der Waals surface area contributed by atoms with Gasteiger partial charge in [0.25, 0.3) is 5.91 Å². The number of nitrogens with one attached hydrogen (secondary N) is 1. The van der Waals surface area contributed by atoms with Gasteiger partial charge in [0.1, 0.15) is 11.5 Å². The van der Waals surface area contributed by atoms with Gasteiger partial charge in [-0.25, -0.2) is 0 Å². The summed E-state index contributed by atoms with van der Waals surface area (Å²) < 4.78 is 10.5. The molecular formula is C22H20ClNO3. The molecule has 0 aliphatic carbocycles. The highest BCUT2D eigenvalue weighted by Gasteiger charge is 2.19. The van der Waals surface area contributed by atoms with Gasteiger partial charge in [-0.3, -0.25) is 4.79 Å². The van der Waals surface area contributed by atoms with Gasteiger partial charge in [-0.1, -0.05) is 54.1 Å². The minimum absolute atomic E-state index is 0.226. The largest absolute Gasteiger partial charge is 0.497 e. The second-order valence-electron chi connectivity index (χ2n) is 5.97. The first kappa shape index (κ1) is 18.8. The van der Waals surface area contributed by atoms with Gasteiger partial charge in [0.15, 0.2) is 0 Å². The first-order valence-electron chi connectivity index (χ1n) is 8.45. The summed E-state index contributed by atoms with van der Waals surface area (Å²) in [6.07, 6.45) is 0. The number of ether oxygens (including phenoxy) is 2. The molecule has 0 saturated carbocycles. The van der Waals surface area contributed by atoms with Crippen molar-refractivity contribution in [1.29, 1.82) is 0 Å². The molecule has 0 aliphatic heterocycles. The standard InChI is InChI=1S/C22H20ClNO3/c1-26-19-12-17(13-20(14-19)27-2)22(25)24-21(15-6-4-3-5-7-15)16-8-10-18(23)11-9-16/h3-14,21H,1-2H3,(H,24,25). The number of carbonyl (C=O) groups is 1. The molecule has 138 valence electrons. The van der Waals surface area contributed by atoms with Gasteiger partial charge in [0.05, 0.1) is 20.3 Å². The summed E-state index contributed by atoms with van der Waals surface area (Å²) in [5.74, 6) is 0.889. The molecule has 3 aromatic carbocycles. The summed E-state index contributed by atoms with van der Waals surface area (Å²) in [4.78, 5) is 13.0. The number of rotatable bonds is 6. The second-order valence-corrected chi connectivity index (χ2v) is 6.41. The van der Waals surface area contributed by atoms with Crippen molar-refractivity contribution in [1.82, 2.24) is 5.32 Å². The van der Waals surface area contributed by atoms with E-state index in [9.17, 15) is 4.79 Å². The molecule has 1 unspecified atom stereocenters. The third kappa shape index (κ3) is 4.60. The van der Waals surface area contributed by atoms with Crippen LogP contribution in [0.4, 0.5) is 0 Å². The number of benzene rings is 3. The molecule has 1 atom stereocenters. The number of carbonyl (C=O) groups excluding carboxylic acids is 1. The third-order valence-corrected chi connectivity index (χ3v) is 4.48. The SMILES string of the molecule is COc1cc(OC)cc(C(=O)NC(c2ccccc2)c2ccc(Cl)cc2)c1. The fourth-order valence-electron chi connectivity index (χ4n) is 2.81. The van der Waals surface area contributed by atoms with E-state index in [-0.39, 0.29) is 11.9 Å². The van der Waals surface area contributed by atoms with Crippen LogP contribution in [0, 0.1) is 0 Å². The zero-order valence-corrected chi connectivity index (χ0v) is 15.9. The molecule has 0 heterocycles. The van der Waals surface area contributed by atoms with Gasteiger partial charge in [-0.2, -0.15) is 0 Å². The van der Waals surface area contributed by atoms with Gasteiger partial charge in [0, 0.05) is 16.7 Å². The number of hydrogen-bond donors (Lipinski definition) is 1. The highest BCUT2D eigenvalue weighted by Crippen LogP contribution is 2.26. The van der Waals surface area contributed by atoms with Gasteiger partial charge >= 0.3 is 0 Å². The topological polar surface area (TPSA) is 47.6 Å². The number of methoxy groups -OCH3 is 2. The highest BCUT2D eigenvalue weighted by atomic mass is 35.5. The van der Waals surface area contributed by atoms with Crippen LogP contribution in [0.1, 0.15) is 27.5 Å². The molecule has 3 aromatic rings. The molecule has 0 spiro atoms. The molecule has 4 nitrogen and oxygen atoms in total. The van der Waals surface area contributed by atoms with E-state index < -0.39 is 0 Å². The molecule has 0 bridgehead atoms. The fourth-order valence-corrected chi connectivity index (χ4v) is 2.94. The molecule has 0 saturated heterocycles.